The third-order valence-electron chi connectivity index (χ3n) is 3.44. The van der Waals surface area contributed by atoms with Crippen molar-refractivity contribution in [1.29, 1.82) is 0 Å². The molecule has 3 heteroatoms. The lowest BCUT2D eigenvalue weighted by molar-refractivity contribution is -0.132. The Balaban J connectivity index is 2.71. The third-order valence-corrected chi connectivity index (χ3v) is 3.44. The Labute approximate surface area is 86.9 Å². The molecule has 0 saturated carbocycles. The first-order valence-electron chi connectivity index (χ1n) is 5.57. The highest BCUT2D eigenvalue weighted by molar-refractivity contribution is 5.84. The van der Waals surface area contributed by atoms with Crippen LogP contribution in [0.2, 0.25) is 0 Å². The van der Waals surface area contributed by atoms with Crippen LogP contribution in [0.1, 0.15) is 41.0 Å². The maximum Gasteiger partial charge on any atom is 0.240 e. The molecule has 1 aliphatic heterocycles. The van der Waals surface area contributed by atoms with Gasteiger partial charge in [0.25, 0.3) is 0 Å². The van der Waals surface area contributed by atoms with E-state index < -0.39 is 0 Å². The standard InChI is InChI=1S/C11H22N2O/c1-6-7(2)9(4)13-10(5)12-8(3)11(13)14/h7-10,12H,6H2,1-5H3. The molecule has 0 aromatic heterocycles. The molecule has 0 aromatic carbocycles. The number of rotatable bonds is 3. The minimum atomic E-state index is -0.0171. The normalized spacial score (nSPS) is 32.1. The van der Waals surface area contributed by atoms with Crippen molar-refractivity contribution in [1.82, 2.24) is 10.2 Å². The van der Waals surface area contributed by atoms with Gasteiger partial charge in [-0.25, -0.2) is 0 Å². The molecule has 0 aromatic rings. The first-order chi connectivity index (χ1) is 6.49. The Morgan fingerprint density at radius 3 is 2.36 bits per heavy atom. The van der Waals surface area contributed by atoms with Crippen LogP contribution in [0, 0.1) is 5.92 Å². The smallest absolute Gasteiger partial charge is 0.240 e. The zero-order chi connectivity index (χ0) is 10.9. The maximum absolute atomic E-state index is 11.8. The number of amides is 1. The number of carbonyl (C=O) groups is 1. The monoisotopic (exact) mass is 198 g/mol. The van der Waals surface area contributed by atoms with Crippen LogP contribution in [0.5, 0.6) is 0 Å². The molecular weight excluding hydrogens is 176 g/mol. The Kier molecular flexibility index (Phi) is 3.53. The van der Waals surface area contributed by atoms with E-state index in [0.29, 0.717) is 12.0 Å². The largest absolute Gasteiger partial charge is 0.323 e. The van der Waals surface area contributed by atoms with Crippen LogP contribution in [-0.4, -0.2) is 29.1 Å². The fraction of sp³-hybridized carbons (Fsp3) is 0.909. The Morgan fingerprint density at radius 2 is 2.00 bits per heavy atom. The van der Waals surface area contributed by atoms with Gasteiger partial charge in [-0.05, 0) is 26.7 Å². The quantitative estimate of drug-likeness (QED) is 0.747. The van der Waals surface area contributed by atoms with Gasteiger partial charge in [0, 0.05) is 6.04 Å². The maximum atomic E-state index is 11.8. The van der Waals surface area contributed by atoms with Crippen LogP contribution in [0.4, 0.5) is 0 Å². The van der Waals surface area contributed by atoms with E-state index in [4.69, 9.17) is 0 Å². The second kappa shape index (κ2) is 4.30. The molecule has 1 rings (SSSR count). The predicted molar refractivity (Wildman–Crippen MR) is 57.8 cm³/mol. The van der Waals surface area contributed by atoms with Crippen molar-refractivity contribution in [3.8, 4) is 0 Å². The fourth-order valence-corrected chi connectivity index (χ4v) is 2.10. The molecule has 1 heterocycles. The van der Waals surface area contributed by atoms with E-state index >= 15 is 0 Å². The Bertz CT molecular complexity index is 217. The average molecular weight is 198 g/mol. The van der Waals surface area contributed by atoms with Crippen LogP contribution in [-0.2, 0) is 4.79 Å². The summed E-state index contributed by atoms with van der Waals surface area (Å²) in [6.45, 7) is 10.5. The second-order valence-electron chi connectivity index (χ2n) is 4.44. The van der Waals surface area contributed by atoms with Crippen LogP contribution < -0.4 is 5.32 Å². The fourth-order valence-electron chi connectivity index (χ4n) is 2.10. The lowest BCUT2D eigenvalue weighted by atomic mass is 9.99. The van der Waals surface area contributed by atoms with Gasteiger partial charge in [-0.3, -0.25) is 10.1 Å². The molecule has 1 saturated heterocycles. The van der Waals surface area contributed by atoms with Crippen LogP contribution in [0.25, 0.3) is 0 Å². The van der Waals surface area contributed by atoms with Crippen molar-refractivity contribution in [3.63, 3.8) is 0 Å². The molecule has 0 radical (unpaired) electrons. The van der Waals surface area contributed by atoms with Gasteiger partial charge in [-0.1, -0.05) is 20.3 Å². The predicted octanol–water partition coefficient (Wildman–Crippen LogP) is 1.59. The van der Waals surface area contributed by atoms with Gasteiger partial charge in [-0.15, -0.1) is 0 Å². The minimum Gasteiger partial charge on any atom is -0.323 e. The first kappa shape index (κ1) is 11.5. The summed E-state index contributed by atoms with van der Waals surface area (Å²) < 4.78 is 0. The second-order valence-corrected chi connectivity index (χ2v) is 4.44. The SMILES string of the molecule is CCC(C)C(C)N1C(=O)C(C)NC1C. The van der Waals surface area contributed by atoms with E-state index in [1.54, 1.807) is 0 Å². The van der Waals surface area contributed by atoms with E-state index in [2.05, 4.69) is 33.0 Å². The molecule has 1 fully saturated rings. The lowest BCUT2D eigenvalue weighted by Gasteiger charge is -2.32. The summed E-state index contributed by atoms with van der Waals surface area (Å²) in [7, 11) is 0. The molecule has 82 valence electrons. The number of carbonyl (C=O) groups excluding carboxylic acids is 1. The lowest BCUT2D eigenvalue weighted by Crippen LogP contribution is -2.44. The Morgan fingerprint density at radius 1 is 1.43 bits per heavy atom. The molecule has 1 amide bonds. The number of hydrogen-bond donors (Lipinski definition) is 1. The van der Waals surface area contributed by atoms with Crippen molar-refractivity contribution in [3.05, 3.63) is 0 Å². The summed E-state index contributed by atoms with van der Waals surface area (Å²) in [6, 6.07) is 0.316. The van der Waals surface area contributed by atoms with Crippen molar-refractivity contribution in [2.24, 2.45) is 5.92 Å². The van der Waals surface area contributed by atoms with Gasteiger partial charge in [0.2, 0.25) is 5.91 Å². The zero-order valence-electron chi connectivity index (χ0n) is 9.87. The highest BCUT2D eigenvalue weighted by atomic mass is 16.2. The topological polar surface area (TPSA) is 32.3 Å². The summed E-state index contributed by atoms with van der Waals surface area (Å²) in [6.07, 6.45) is 1.30. The first-order valence-corrected chi connectivity index (χ1v) is 5.57. The molecule has 1 N–H and O–H groups in total. The molecule has 1 aliphatic rings. The average Bonchev–Trinajstić information content (AvgIpc) is 2.39. The van der Waals surface area contributed by atoms with Gasteiger partial charge < -0.3 is 4.90 Å². The van der Waals surface area contributed by atoms with Crippen molar-refractivity contribution in [2.75, 3.05) is 0 Å². The summed E-state index contributed by atoms with van der Waals surface area (Å²) in [5.41, 5.74) is 0. The zero-order valence-corrected chi connectivity index (χ0v) is 9.87. The van der Waals surface area contributed by atoms with Crippen LogP contribution in [0.3, 0.4) is 0 Å². The van der Waals surface area contributed by atoms with Gasteiger partial charge in [-0.2, -0.15) is 0 Å². The summed E-state index contributed by atoms with van der Waals surface area (Å²) >= 11 is 0. The minimum absolute atomic E-state index is 0.0171. The highest BCUT2D eigenvalue weighted by Gasteiger charge is 2.37. The molecule has 0 spiro atoms. The summed E-state index contributed by atoms with van der Waals surface area (Å²) in [4.78, 5) is 13.8. The molecule has 4 unspecified atom stereocenters. The van der Waals surface area contributed by atoms with Crippen LogP contribution in [0.15, 0.2) is 0 Å². The van der Waals surface area contributed by atoms with E-state index in [0.717, 1.165) is 6.42 Å². The van der Waals surface area contributed by atoms with Crippen molar-refractivity contribution < 1.29 is 4.79 Å². The number of hydrogen-bond acceptors (Lipinski definition) is 2. The van der Waals surface area contributed by atoms with Crippen molar-refractivity contribution >= 4 is 5.91 Å². The van der Waals surface area contributed by atoms with Gasteiger partial charge in [0.05, 0.1) is 12.2 Å². The van der Waals surface area contributed by atoms with Gasteiger partial charge >= 0.3 is 0 Å². The number of nitrogens with zero attached hydrogens (tertiary/aromatic N) is 1. The van der Waals surface area contributed by atoms with E-state index in [1.165, 1.54) is 0 Å². The van der Waals surface area contributed by atoms with Crippen LogP contribution >= 0.6 is 0 Å². The molecule has 14 heavy (non-hydrogen) atoms. The summed E-state index contributed by atoms with van der Waals surface area (Å²) in [5, 5.41) is 3.25. The highest BCUT2D eigenvalue weighted by Crippen LogP contribution is 2.20. The third kappa shape index (κ3) is 1.92. The molecule has 3 nitrogen and oxygen atoms in total. The molecule has 0 bridgehead atoms. The van der Waals surface area contributed by atoms with E-state index in [9.17, 15) is 4.79 Å². The molecule has 0 aliphatic carbocycles. The molecular formula is C11H22N2O. The van der Waals surface area contributed by atoms with Gasteiger partial charge in [0.15, 0.2) is 0 Å². The van der Waals surface area contributed by atoms with E-state index in [1.807, 2.05) is 11.8 Å². The van der Waals surface area contributed by atoms with E-state index in [-0.39, 0.29) is 18.1 Å². The Hall–Kier alpha value is -0.570. The van der Waals surface area contributed by atoms with Gasteiger partial charge in [0.1, 0.15) is 0 Å². The molecule has 4 atom stereocenters. The summed E-state index contributed by atoms with van der Waals surface area (Å²) in [5.74, 6) is 0.804. The number of nitrogens with one attached hydrogen (secondary N) is 1. The van der Waals surface area contributed by atoms with Crippen molar-refractivity contribution in [2.45, 2.75) is 59.3 Å².